The van der Waals surface area contributed by atoms with Crippen LogP contribution >= 0.6 is 0 Å². The monoisotopic (exact) mass is 339 g/mol. The summed E-state index contributed by atoms with van der Waals surface area (Å²) in [6.45, 7) is 1.47. The first kappa shape index (κ1) is 16.6. The van der Waals surface area contributed by atoms with E-state index in [9.17, 15) is 14.9 Å². The molecule has 0 bridgehead atoms. The lowest BCUT2D eigenvalue weighted by Crippen LogP contribution is -2.24. The minimum atomic E-state index is -0.443. The van der Waals surface area contributed by atoms with E-state index in [1.807, 2.05) is 24.3 Å². The molecule has 2 aromatic rings. The van der Waals surface area contributed by atoms with E-state index in [4.69, 9.17) is 4.74 Å². The Kier molecular flexibility index (Phi) is 4.47. The summed E-state index contributed by atoms with van der Waals surface area (Å²) in [7, 11) is 1.59. The van der Waals surface area contributed by atoms with Gasteiger partial charge in [0.25, 0.3) is 5.69 Å². The van der Waals surface area contributed by atoms with E-state index in [1.54, 1.807) is 19.2 Å². The molecule has 128 valence electrons. The molecular weight excluding hydrogens is 322 g/mol. The molecule has 2 aromatic carbocycles. The second kappa shape index (κ2) is 6.72. The Hall–Kier alpha value is -3.22. The van der Waals surface area contributed by atoms with Crippen molar-refractivity contribution in [3.63, 3.8) is 0 Å². The topological polar surface area (TPSA) is 85.0 Å². The molecule has 7 heteroatoms. The zero-order valence-electron chi connectivity index (χ0n) is 13.9. The smallest absolute Gasteiger partial charge is 0.269 e. The molecule has 0 aliphatic carbocycles. The molecule has 0 aromatic heterocycles. The number of carbonyl (C=O) groups excluding carboxylic acids is 1. The highest BCUT2D eigenvalue weighted by Crippen LogP contribution is 2.34. The number of non-ortho nitro benzene ring substituents is 1. The molecule has 1 atom stereocenters. The Morgan fingerprint density at radius 1 is 1.28 bits per heavy atom. The third kappa shape index (κ3) is 3.35. The predicted octanol–water partition coefficient (Wildman–Crippen LogP) is 3.30. The number of benzene rings is 2. The first-order valence-corrected chi connectivity index (χ1v) is 7.75. The molecule has 1 aliphatic rings. The first-order chi connectivity index (χ1) is 12.0. The number of nitro groups is 1. The normalized spacial score (nSPS) is 16.5. The molecule has 1 heterocycles. The number of hydrazone groups is 1. The van der Waals surface area contributed by atoms with Crippen LogP contribution in [-0.2, 0) is 4.79 Å². The summed E-state index contributed by atoms with van der Waals surface area (Å²) < 4.78 is 5.25. The van der Waals surface area contributed by atoms with E-state index < -0.39 is 4.92 Å². The van der Waals surface area contributed by atoms with Gasteiger partial charge in [-0.05, 0) is 35.4 Å². The number of nitro benzene ring substituents is 1. The number of methoxy groups -OCH3 is 1. The van der Waals surface area contributed by atoms with Crippen molar-refractivity contribution in [2.24, 2.45) is 5.10 Å². The van der Waals surface area contributed by atoms with Gasteiger partial charge >= 0.3 is 0 Å². The Morgan fingerprint density at radius 2 is 2.00 bits per heavy atom. The van der Waals surface area contributed by atoms with Crippen LogP contribution in [-0.4, -0.2) is 28.7 Å². The highest BCUT2D eigenvalue weighted by molar-refractivity contribution is 6.03. The Labute approximate surface area is 144 Å². The van der Waals surface area contributed by atoms with Gasteiger partial charge in [0, 0.05) is 25.5 Å². The van der Waals surface area contributed by atoms with Gasteiger partial charge in [-0.2, -0.15) is 5.10 Å². The lowest BCUT2D eigenvalue weighted by atomic mass is 9.98. The summed E-state index contributed by atoms with van der Waals surface area (Å²) in [6, 6.07) is 13.5. The Balaban J connectivity index is 1.91. The SMILES string of the molecule is COc1cccc(C2CC(c3ccc([N+](=O)[O-])cc3)=NN2C(C)=O)c1. The summed E-state index contributed by atoms with van der Waals surface area (Å²) in [5.41, 5.74) is 2.44. The molecule has 1 unspecified atom stereocenters. The lowest BCUT2D eigenvalue weighted by molar-refractivity contribution is -0.384. The van der Waals surface area contributed by atoms with Crippen molar-refractivity contribution in [2.45, 2.75) is 19.4 Å². The van der Waals surface area contributed by atoms with Crippen molar-refractivity contribution in [3.8, 4) is 5.75 Å². The average molecular weight is 339 g/mol. The predicted molar refractivity (Wildman–Crippen MR) is 92.5 cm³/mol. The maximum Gasteiger partial charge on any atom is 0.269 e. The van der Waals surface area contributed by atoms with Gasteiger partial charge in [-0.1, -0.05) is 12.1 Å². The maximum atomic E-state index is 12.0. The summed E-state index contributed by atoms with van der Waals surface area (Å²) in [6.07, 6.45) is 0.532. The molecule has 0 spiro atoms. The van der Waals surface area contributed by atoms with E-state index in [0.717, 1.165) is 16.8 Å². The highest BCUT2D eigenvalue weighted by atomic mass is 16.6. The van der Waals surface area contributed by atoms with Gasteiger partial charge in [-0.25, -0.2) is 5.01 Å². The van der Waals surface area contributed by atoms with Crippen LogP contribution < -0.4 is 4.74 Å². The Bertz CT molecular complexity index is 846. The number of hydrogen-bond acceptors (Lipinski definition) is 5. The number of amides is 1. The second-order valence-corrected chi connectivity index (χ2v) is 5.71. The first-order valence-electron chi connectivity index (χ1n) is 7.75. The van der Waals surface area contributed by atoms with Crippen molar-refractivity contribution in [3.05, 3.63) is 69.8 Å². The van der Waals surface area contributed by atoms with E-state index in [0.29, 0.717) is 12.2 Å². The molecule has 7 nitrogen and oxygen atoms in total. The number of rotatable bonds is 4. The van der Waals surface area contributed by atoms with Crippen molar-refractivity contribution in [2.75, 3.05) is 7.11 Å². The van der Waals surface area contributed by atoms with Gasteiger partial charge in [0.05, 0.1) is 23.8 Å². The molecule has 25 heavy (non-hydrogen) atoms. The molecular formula is C18H17N3O4. The summed E-state index contributed by atoms with van der Waals surface area (Å²) >= 11 is 0. The van der Waals surface area contributed by atoms with Gasteiger partial charge in [-0.3, -0.25) is 14.9 Å². The largest absolute Gasteiger partial charge is 0.497 e. The van der Waals surface area contributed by atoms with Crippen molar-refractivity contribution in [1.82, 2.24) is 5.01 Å². The van der Waals surface area contributed by atoms with Crippen molar-refractivity contribution >= 4 is 17.3 Å². The highest BCUT2D eigenvalue weighted by Gasteiger charge is 2.31. The number of nitrogens with zero attached hydrogens (tertiary/aromatic N) is 3. The van der Waals surface area contributed by atoms with Gasteiger partial charge in [0.1, 0.15) is 5.75 Å². The molecule has 1 aliphatic heterocycles. The minimum absolute atomic E-state index is 0.0233. The van der Waals surface area contributed by atoms with Crippen LogP contribution in [0.15, 0.2) is 53.6 Å². The summed E-state index contributed by atoms with van der Waals surface area (Å²) in [4.78, 5) is 22.3. The van der Waals surface area contributed by atoms with Crippen LogP contribution in [0.3, 0.4) is 0 Å². The molecule has 0 N–H and O–H groups in total. The minimum Gasteiger partial charge on any atom is -0.497 e. The van der Waals surface area contributed by atoms with Gasteiger partial charge in [-0.15, -0.1) is 0 Å². The number of ether oxygens (including phenoxy) is 1. The van der Waals surface area contributed by atoms with Crippen LogP contribution in [0.25, 0.3) is 0 Å². The molecule has 1 amide bonds. The molecule has 0 radical (unpaired) electrons. The summed E-state index contributed by atoms with van der Waals surface area (Å²) in [5, 5.41) is 16.7. The van der Waals surface area contributed by atoms with E-state index in [-0.39, 0.29) is 17.6 Å². The standard InChI is InChI=1S/C18H17N3O4/c1-12(22)20-18(14-4-3-5-16(10-14)25-2)11-17(19-20)13-6-8-15(9-7-13)21(23)24/h3-10,18H,11H2,1-2H3. The van der Waals surface area contributed by atoms with Gasteiger partial charge in [0.2, 0.25) is 5.91 Å². The fraction of sp³-hybridized carbons (Fsp3) is 0.222. The van der Waals surface area contributed by atoms with Crippen LogP contribution in [0.1, 0.15) is 30.5 Å². The molecule has 0 saturated carbocycles. The van der Waals surface area contributed by atoms with Crippen LogP contribution in [0.2, 0.25) is 0 Å². The second-order valence-electron chi connectivity index (χ2n) is 5.71. The zero-order valence-corrected chi connectivity index (χ0v) is 13.9. The van der Waals surface area contributed by atoms with Crippen LogP contribution in [0.5, 0.6) is 5.75 Å². The number of carbonyl (C=O) groups is 1. The molecule has 0 saturated heterocycles. The quantitative estimate of drug-likeness (QED) is 0.632. The zero-order chi connectivity index (χ0) is 18.0. The van der Waals surface area contributed by atoms with E-state index in [1.165, 1.54) is 24.1 Å². The third-order valence-corrected chi connectivity index (χ3v) is 4.12. The Morgan fingerprint density at radius 3 is 2.60 bits per heavy atom. The lowest BCUT2D eigenvalue weighted by Gasteiger charge is -2.20. The van der Waals surface area contributed by atoms with Gasteiger partial charge in [0.15, 0.2) is 0 Å². The summed E-state index contributed by atoms with van der Waals surface area (Å²) in [5.74, 6) is 0.550. The van der Waals surface area contributed by atoms with E-state index >= 15 is 0 Å². The van der Waals surface area contributed by atoms with Crippen molar-refractivity contribution in [1.29, 1.82) is 0 Å². The van der Waals surface area contributed by atoms with E-state index in [2.05, 4.69) is 5.10 Å². The molecule has 3 rings (SSSR count). The fourth-order valence-corrected chi connectivity index (χ4v) is 2.86. The molecule has 0 fully saturated rings. The maximum absolute atomic E-state index is 12.0. The van der Waals surface area contributed by atoms with Crippen LogP contribution in [0, 0.1) is 10.1 Å². The van der Waals surface area contributed by atoms with Crippen LogP contribution in [0.4, 0.5) is 5.69 Å². The van der Waals surface area contributed by atoms with Gasteiger partial charge < -0.3 is 4.74 Å². The fourth-order valence-electron chi connectivity index (χ4n) is 2.86. The third-order valence-electron chi connectivity index (χ3n) is 4.12. The van der Waals surface area contributed by atoms with Crippen molar-refractivity contribution < 1.29 is 14.5 Å². The number of hydrogen-bond donors (Lipinski definition) is 0. The average Bonchev–Trinajstić information content (AvgIpc) is 3.07.